The van der Waals surface area contributed by atoms with Gasteiger partial charge < -0.3 is 14.7 Å². The van der Waals surface area contributed by atoms with Gasteiger partial charge in [-0.1, -0.05) is 18.6 Å². The molecule has 4 heteroatoms. The number of benzene rings is 1. The quantitative estimate of drug-likeness (QED) is 0.928. The first-order valence-electron chi connectivity index (χ1n) is 8.15. The minimum atomic E-state index is -1.09. The molecule has 0 saturated heterocycles. The van der Waals surface area contributed by atoms with E-state index in [1.54, 1.807) is 18.2 Å². The van der Waals surface area contributed by atoms with Crippen LogP contribution in [0.2, 0.25) is 0 Å². The molecule has 2 aliphatic rings. The molecule has 4 atom stereocenters. The van der Waals surface area contributed by atoms with Gasteiger partial charge >= 0.3 is 0 Å². The zero-order valence-electron chi connectivity index (χ0n) is 13.7. The van der Waals surface area contributed by atoms with Gasteiger partial charge in [-0.05, 0) is 51.3 Å². The number of methoxy groups -OCH3 is 1. The molecule has 122 valence electrons. The molecule has 0 aliphatic heterocycles. The summed E-state index contributed by atoms with van der Waals surface area (Å²) in [5, 5.41) is 11.5. The first-order valence-corrected chi connectivity index (χ1v) is 8.15. The summed E-state index contributed by atoms with van der Waals surface area (Å²) in [4.78, 5) is 2.10. The lowest BCUT2D eigenvalue weighted by Crippen LogP contribution is -2.48. The van der Waals surface area contributed by atoms with Crippen LogP contribution in [-0.4, -0.2) is 37.8 Å². The van der Waals surface area contributed by atoms with E-state index in [1.165, 1.54) is 13.5 Å². The van der Waals surface area contributed by atoms with E-state index in [4.69, 9.17) is 4.74 Å². The lowest BCUT2D eigenvalue weighted by Gasteiger charge is -2.45. The van der Waals surface area contributed by atoms with E-state index < -0.39 is 11.4 Å². The Bertz CT molecular complexity index is 548. The van der Waals surface area contributed by atoms with Gasteiger partial charge in [-0.2, -0.15) is 0 Å². The maximum absolute atomic E-state index is 14.8. The molecule has 1 N–H and O–H groups in total. The normalized spacial score (nSPS) is 34.2. The Morgan fingerprint density at radius 3 is 2.82 bits per heavy atom. The Labute approximate surface area is 132 Å². The van der Waals surface area contributed by atoms with Gasteiger partial charge in [0.05, 0.1) is 12.7 Å². The van der Waals surface area contributed by atoms with Gasteiger partial charge in [0.2, 0.25) is 0 Å². The highest BCUT2D eigenvalue weighted by Crippen LogP contribution is 2.55. The smallest absolute Gasteiger partial charge is 0.171 e. The number of ether oxygens (including phenoxy) is 1. The molecule has 2 unspecified atom stereocenters. The van der Waals surface area contributed by atoms with E-state index in [2.05, 4.69) is 4.90 Å². The van der Waals surface area contributed by atoms with Crippen molar-refractivity contribution in [3.05, 3.63) is 29.6 Å². The highest BCUT2D eigenvalue weighted by molar-refractivity contribution is 5.36. The lowest BCUT2D eigenvalue weighted by atomic mass is 9.65. The number of hydrogen-bond acceptors (Lipinski definition) is 3. The average molecular weight is 307 g/mol. The maximum atomic E-state index is 14.8. The Hall–Kier alpha value is -1.13. The summed E-state index contributed by atoms with van der Waals surface area (Å²) >= 11 is 0. The van der Waals surface area contributed by atoms with Crippen LogP contribution in [0.3, 0.4) is 0 Å². The van der Waals surface area contributed by atoms with Crippen molar-refractivity contribution in [2.45, 2.75) is 31.3 Å². The minimum absolute atomic E-state index is 0.0721. The van der Waals surface area contributed by atoms with E-state index in [0.717, 1.165) is 19.4 Å². The third kappa shape index (κ3) is 2.52. The van der Waals surface area contributed by atoms with E-state index >= 15 is 0 Å². The minimum Gasteiger partial charge on any atom is -0.494 e. The van der Waals surface area contributed by atoms with Crippen LogP contribution in [0.5, 0.6) is 5.75 Å². The molecule has 0 radical (unpaired) electrons. The Morgan fingerprint density at radius 1 is 1.36 bits per heavy atom. The molecule has 3 nitrogen and oxygen atoms in total. The molecule has 0 heterocycles. The SMILES string of the molecule is COc1cccc([C@@]2(O)CC3CCC(C3)[C@@H]2CN(C)C)c1F. The molecule has 1 aromatic rings. The molecular formula is C18H26FNO2. The summed E-state index contributed by atoms with van der Waals surface area (Å²) in [5.41, 5.74) is -0.678. The van der Waals surface area contributed by atoms with Crippen LogP contribution in [0.25, 0.3) is 0 Å². The van der Waals surface area contributed by atoms with E-state index in [0.29, 0.717) is 23.8 Å². The molecule has 0 aromatic heterocycles. The van der Waals surface area contributed by atoms with Crippen molar-refractivity contribution in [2.75, 3.05) is 27.7 Å². The standard InChI is InChI=1S/C18H26FNO2/c1-20(2)11-15-13-8-7-12(9-13)10-18(15,21)14-5-4-6-16(22-3)17(14)19/h4-6,12-13,15,21H,7-11H2,1-3H3/t12?,13?,15-,18-/m0/s1. The molecule has 0 spiro atoms. The second-order valence-corrected chi connectivity index (χ2v) is 7.26. The number of aliphatic hydroxyl groups is 1. The van der Waals surface area contributed by atoms with Gasteiger partial charge in [0.1, 0.15) is 0 Å². The third-order valence-corrected chi connectivity index (χ3v) is 5.58. The summed E-state index contributed by atoms with van der Waals surface area (Å²) in [6.45, 7) is 0.782. The fourth-order valence-corrected chi connectivity index (χ4v) is 4.65. The predicted molar refractivity (Wildman–Crippen MR) is 84.3 cm³/mol. The van der Waals surface area contributed by atoms with Crippen LogP contribution in [-0.2, 0) is 5.60 Å². The maximum Gasteiger partial charge on any atom is 0.171 e. The van der Waals surface area contributed by atoms with Crippen molar-refractivity contribution in [3.63, 3.8) is 0 Å². The van der Waals surface area contributed by atoms with Gasteiger partial charge in [-0.25, -0.2) is 4.39 Å². The first kappa shape index (κ1) is 15.8. The summed E-state index contributed by atoms with van der Waals surface area (Å²) in [6.07, 6.45) is 4.14. The number of rotatable bonds is 4. The number of fused-ring (bicyclic) bond motifs is 2. The summed E-state index contributed by atoms with van der Waals surface area (Å²) < 4.78 is 19.9. The largest absolute Gasteiger partial charge is 0.494 e. The molecule has 3 rings (SSSR count). The van der Waals surface area contributed by atoms with Crippen LogP contribution in [0.15, 0.2) is 18.2 Å². The van der Waals surface area contributed by atoms with Crippen molar-refractivity contribution < 1.29 is 14.2 Å². The highest BCUT2D eigenvalue weighted by Gasteiger charge is 2.52. The molecule has 2 aliphatic carbocycles. The first-order chi connectivity index (χ1) is 10.5. The number of nitrogens with zero attached hydrogens (tertiary/aromatic N) is 1. The second kappa shape index (κ2) is 5.82. The Balaban J connectivity index is 2.04. The summed E-state index contributed by atoms with van der Waals surface area (Å²) in [5.74, 6) is 0.878. The van der Waals surface area contributed by atoms with Crippen molar-refractivity contribution in [1.29, 1.82) is 0 Å². The zero-order valence-corrected chi connectivity index (χ0v) is 13.7. The van der Waals surface area contributed by atoms with Crippen LogP contribution in [0.4, 0.5) is 4.39 Å². The Morgan fingerprint density at radius 2 is 2.14 bits per heavy atom. The van der Waals surface area contributed by atoms with Crippen LogP contribution in [0, 0.1) is 23.6 Å². The zero-order chi connectivity index (χ0) is 15.9. The van der Waals surface area contributed by atoms with Gasteiger partial charge in [0.15, 0.2) is 11.6 Å². The lowest BCUT2D eigenvalue weighted by molar-refractivity contribution is -0.0914. The van der Waals surface area contributed by atoms with Crippen molar-refractivity contribution >= 4 is 0 Å². The monoisotopic (exact) mass is 307 g/mol. The van der Waals surface area contributed by atoms with Crippen LogP contribution >= 0.6 is 0 Å². The summed E-state index contributed by atoms with van der Waals surface area (Å²) in [7, 11) is 5.50. The van der Waals surface area contributed by atoms with Crippen molar-refractivity contribution in [3.8, 4) is 5.75 Å². The number of halogens is 1. The molecule has 1 aromatic carbocycles. The van der Waals surface area contributed by atoms with Crippen molar-refractivity contribution in [1.82, 2.24) is 4.90 Å². The molecule has 2 fully saturated rings. The molecule has 22 heavy (non-hydrogen) atoms. The van der Waals surface area contributed by atoms with Crippen molar-refractivity contribution in [2.24, 2.45) is 17.8 Å². The van der Waals surface area contributed by atoms with E-state index in [1.807, 2.05) is 14.1 Å². The average Bonchev–Trinajstić information content (AvgIpc) is 2.87. The van der Waals surface area contributed by atoms with Gasteiger partial charge in [-0.15, -0.1) is 0 Å². The fourth-order valence-electron chi connectivity index (χ4n) is 4.65. The highest BCUT2D eigenvalue weighted by atomic mass is 19.1. The van der Waals surface area contributed by atoms with Crippen LogP contribution in [0.1, 0.15) is 31.2 Å². The molecule has 2 saturated carbocycles. The predicted octanol–water partition coefficient (Wildman–Crippen LogP) is 3.02. The fraction of sp³-hybridized carbons (Fsp3) is 0.667. The molecular weight excluding hydrogens is 281 g/mol. The third-order valence-electron chi connectivity index (χ3n) is 5.58. The van der Waals surface area contributed by atoms with E-state index in [9.17, 15) is 9.50 Å². The van der Waals surface area contributed by atoms with Gasteiger partial charge in [-0.3, -0.25) is 0 Å². The summed E-state index contributed by atoms with van der Waals surface area (Å²) in [6, 6.07) is 5.12. The van der Waals surface area contributed by atoms with Gasteiger partial charge in [0.25, 0.3) is 0 Å². The number of hydrogen-bond donors (Lipinski definition) is 1. The Kier molecular flexibility index (Phi) is 4.17. The van der Waals surface area contributed by atoms with E-state index in [-0.39, 0.29) is 11.7 Å². The topological polar surface area (TPSA) is 32.7 Å². The molecule has 2 bridgehead atoms. The van der Waals surface area contributed by atoms with Crippen LogP contribution < -0.4 is 4.74 Å². The second-order valence-electron chi connectivity index (χ2n) is 7.26. The van der Waals surface area contributed by atoms with Gasteiger partial charge in [0, 0.05) is 18.0 Å². The molecule has 0 amide bonds.